The van der Waals surface area contributed by atoms with Gasteiger partial charge >= 0.3 is 5.76 Å². The van der Waals surface area contributed by atoms with Crippen molar-refractivity contribution in [2.45, 2.75) is 25.9 Å². The molecular formula is C31H19FN2O8. The predicted molar refractivity (Wildman–Crippen MR) is 143 cm³/mol. The summed E-state index contributed by atoms with van der Waals surface area (Å²) < 4.78 is 25.4. The van der Waals surface area contributed by atoms with Crippen LogP contribution >= 0.6 is 0 Å². The van der Waals surface area contributed by atoms with Crippen LogP contribution in [0.3, 0.4) is 0 Å². The molecule has 1 unspecified atom stereocenters. The van der Waals surface area contributed by atoms with Gasteiger partial charge in [0.1, 0.15) is 17.2 Å². The van der Waals surface area contributed by atoms with Crippen LogP contribution in [0.2, 0.25) is 0 Å². The fourth-order valence-corrected chi connectivity index (χ4v) is 5.56. The lowest BCUT2D eigenvalue weighted by Gasteiger charge is -2.23. The average molecular weight is 566 g/mol. The highest BCUT2D eigenvalue weighted by atomic mass is 19.1. The Kier molecular flexibility index (Phi) is 5.67. The van der Waals surface area contributed by atoms with Crippen LogP contribution in [0.1, 0.15) is 47.9 Å². The third-order valence-electron chi connectivity index (χ3n) is 7.61. The monoisotopic (exact) mass is 566 g/mol. The highest BCUT2D eigenvalue weighted by Crippen LogP contribution is 2.40. The Morgan fingerprint density at radius 3 is 2.21 bits per heavy atom. The zero-order valence-corrected chi connectivity index (χ0v) is 21.6. The van der Waals surface area contributed by atoms with Gasteiger partial charge in [-0.05, 0) is 35.7 Å². The number of fused-ring (bicyclic) bond motifs is 5. The van der Waals surface area contributed by atoms with E-state index in [1.54, 1.807) is 30.3 Å². The summed E-state index contributed by atoms with van der Waals surface area (Å²) in [7, 11) is 0. The van der Waals surface area contributed by atoms with Crippen molar-refractivity contribution in [3.63, 3.8) is 0 Å². The Bertz CT molecular complexity index is 1970. The van der Waals surface area contributed by atoms with Crippen LogP contribution in [-0.4, -0.2) is 44.1 Å². The lowest BCUT2D eigenvalue weighted by molar-refractivity contribution is -0.128. The molecule has 11 heteroatoms. The van der Waals surface area contributed by atoms with Gasteiger partial charge in [0, 0.05) is 35.3 Å². The van der Waals surface area contributed by atoms with Crippen LogP contribution in [0.5, 0.6) is 0 Å². The number of aliphatic hydroxyl groups is 1. The van der Waals surface area contributed by atoms with Crippen LogP contribution in [0.25, 0.3) is 17.1 Å². The smallest absolute Gasteiger partial charge is 0.420 e. The molecule has 0 fully saturated rings. The van der Waals surface area contributed by atoms with Crippen LogP contribution in [0.15, 0.2) is 81.6 Å². The Balaban J connectivity index is 1.19. The van der Waals surface area contributed by atoms with Gasteiger partial charge < -0.3 is 19.2 Å². The van der Waals surface area contributed by atoms with Crippen molar-refractivity contribution in [3.8, 4) is 11.3 Å². The first-order valence-electron chi connectivity index (χ1n) is 13.0. The van der Waals surface area contributed by atoms with E-state index in [2.05, 4.69) is 0 Å². The largest absolute Gasteiger partial charge is 0.444 e. The maximum atomic E-state index is 13.3. The van der Waals surface area contributed by atoms with E-state index in [0.717, 1.165) is 4.57 Å². The molecule has 7 rings (SSSR count). The second kappa shape index (κ2) is 9.32. The number of carbonyl (C=O) groups is 4. The molecule has 2 heterocycles. The second-order valence-electron chi connectivity index (χ2n) is 10.1. The molecule has 3 aromatic carbocycles. The fourth-order valence-electron chi connectivity index (χ4n) is 5.56. The molecule has 1 aromatic heterocycles. The fraction of sp³-hybridized carbons (Fsp3) is 0.129. The molecule has 0 saturated carbocycles. The van der Waals surface area contributed by atoms with Gasteiger partial charge in [-0.25, -0.2) is 9.18 Å². The first-order chi connectivity index (χ1) is 20.2. The Morgan fingerprint density at radius 2 is 1.45 bits per heavy atom. The number of benzene rings is 3. The molecular weight excluding hydrogens is 547 g/mol. The summed E-state index contributed by atoms with van der Waals surface area (Å²) in [6.45, 7) is -0.0312. The van der Waals surface area contributed by atoms with Crippen LogP contribution in [-0.2, 0) is 29.0 Å². The van der Waals surface area contributed by atoms with Gasteiger partial charge in [-0.3, -0.25) is 23.7 Å². The van der Waals surface area contributed by atoms with E-state index >= 15 is 0 Å². The van der Waals surface area contributed by atoms with Gasteiger partial charge in [0.2, 0.25) is 11.6 Å². The summed E-state index contributed by atoms with van der Waals surface area (Å²) in [5, 5.41) is 10.6. The first-order valence-corrected chi connectivity index (χ1v) is 13.0. The van der Waals surface area contributed by atoms with Crippen LogP contribution in [0, 0.1) is 5.82 Å². The number of halogens is 1. The Morgan fingerprint density at radius 1 is 0.762 bits per heavy atom. The van der Waals surface area contributed by atoms with Crippen molar-refractivity contribution in [1.82, 2.24) is 9.47 Å². The number of allylic oxidation sites excluding steroid dienone is 1. The molecule has 0 saturated heterocycles. The molecule has 208 valence electrons. The van der Waals surface area contributed by atoms with E-state index in [1.807, 2.05) is 0 Å². The molecule has 0 radical (unpaired) electrons. The number of aromatic nitrogens is 1. The number of ketones is 4. The normalized spacial score (nSPS) is 17.2. The number of nitrogens with zero attached hydrogens (tertiary/aromatic N) is 2. The van der Waals surface area contributed by atoms with Gasteiger partial charge in [0.25, 0.3) is 18.0 Å². The van der Waals surface area contributed by atoms with Crippen LogP contribution in [0.4, 0.5) is 4.39 Å². The summed E-state index contributed by atoms with van der Waals surface area (Å²) >= 11 is 0. The number of rotatable bonds is 5. The molecule has 42 heavy (non-hydrogen) atoms. The van der Waals surface area contributed by atoms with E-state index in [4.69, 9.17) is 9.15 Å². The Hall–Kier alpha value is -5.42. The average Bonchev–Trinajstić information content (AvgIpc) is 3.50. The number of ether oxygens (including phenoxy) is 1. The number of hydrogen-bond acceptors (Lipinski definition) is 9. The highest BCUT2D eigenvalue weighted by molar-refractivity contribution is 6.52. The van der Waals surface area contributed by atoms with E-state index in [9.17, 15) is 33.5 Å². The maximum Gasteiger partial charge on any atom is 0.420 e. The zero-order valence-electron chi connectivity index (χ0n) is 21.6. The number of oxazole rings is 1. The number of aliphatic hydroxyl groups excluding tert-OH is 1. The topological polar surface area (TPSA) is 136 Å². The minimum atomic E-state index is -1.54. The zero-order chi connectivity index (χ0) is 29.3. The lowest BCUT2D eigenvalue weighted by atomic mass is 9.89. The molecule has 1 atom stereocenters. The summed E-state index contributed by atoms with van der Waals surface area (Å²) in [5.41, 5.74) is 1.85. The standard InChI is InChI=1S/C31H19FN2O8/c32-17-8-5-16(6-9-17)14-34-23-27(38)25(36)21-13-15(7-10-20(21)29(23)42-31(34)40)11-12-33-22-26(37)24(35)18-3-1-2-4-19(18)28(22)41-30(33)39/h1-10,13,31,40H,11-12,14H2. The van der Waals surface area contributed by atoms with E-state index < -0.39 is 41.1 Å². The quantitative estimate of drug-likeness (QED) is 0.362. The Labute approximate surface area is 235 Å². The van der Waals surface area contributed by atoms with Gasteiger partial charge in [-0.1, -0.05) is 48.5 Å². The molecule has 1 aliphatic heterocycles. The first kappa shape index (κ1) is 25.5. The molecule has 0 spiro atoms. The molecule has 3 aliphatic rings. The minimum Gasteiger partial charge on any atom is -0.444 e. The summed E-state index contributed by atoms with van der Waals surface area (Å²) in [6.07, 6.45) is -1.37. The third kappa shape index (κ3) is 3.78. The summed E-state index contributed by atoms with van der Waals surface area (Å²) in [4.78, 5) is 65.9. The van der Waals surface area contributed by atoms with Crippen molar-refractivity contribution < 1.29 is 37.8 Å². The molecule has 2 aliphatic carbocycles. The van der Waals surface area contributed by atoms with Crippen molar-refractivity contribution in [2.75, 3.05) is 0 Å². The minimum absolute atomic E-state index is 0.00217. The van der Waals surface area contributed by atoms with E-state index in [0.29, 0.717) is 22.3 Å². The van der Waals surface area contributed by atoms with Gasteiger partial charge in [-0.15, -0.1) is 0 Å². The predicted octanol–water partition coefficient (Wildman–Crippen LogP) is 3.11. The van der Waals surface area contributed by atoms with Gasteiger partial charge in [-0.2, -0.15) is 0 Å². The number of hydrogen-bond donors (Lipinski definition) is 1. The third-order valence-corrected chi connectivity index (χ3v) is 7.61. The number of carbonyl (C=O) groups excluding carboxylic acids is 4. The summed E-state index contributed by atoms with van der Waals surface area (Å²) in [5.74, 6) is -4.39. The molecule has 0 bridgehead atoms. The van der Waals surface area contributed by atoms with Crippen molar-refractivity contribution >= 4 is 28.9 Å². The molecule has 4 aromatic rings. The van der Waals surface area contributed by atoms with E-state index in [1.165, 1.54) is 41.3 Å². The van der Waals surface area contributed by atoms with Crippen molar-refractivity contribution in [2.24, 2.45) is 0 Å². The maximum absolute atomic E-state index is 13.3. The van der Waals surface area contributed by atoms with Crippen LogP contribution < -0.4 is 5.76 Å². The second-order valence-corrected chi connectivity index (χ2v) is 10.1. The van der Waals surface area contributed by atoms with Gasteiger partial charge in [0.15, 0.2) is 11.5 Å². The van der Waals surface area contributed by atoms with E-state index in [-0.39, 0.29) is 53.5 Å². The highest BCUT2D eigenvalue weighted by Gasteiger charge is 2.44. The lowest BCUT2D eigenvalue weighted by Crippen LogP contribution is -2.35. The molecule has 1 N–H and O–H groups in total. The number of aryl methyl sites for hydroxylation is 1. The molecule has 10 nitrogen and oxygen atoms in total. The van der Waals surface area contributed by atoms with Gasteiger partial charge in [0.05, 0.1) is 0 Å². The SMILES string of the molecule is O=C1C(=O)c2cc(CCn3c4c(oc3=O)-c3ccccc3C(=O)C4=O)ccc2C2=C1N(Cc1ccc(F)cc1)C(O)O2. The molecule has 0 amide bonds. The summed E-state index contributed by atoms with van der Waals surface area (Å²) in [6, 6.07) is 16.6. The van der Waals surface area contributed by atoms with Crippen molar-refractivity contribution in [1.29, 1.82) is 0 Å². The number of Topliss-reactive ketones (excluding diaryl/α,β-unsaturated/α-hetero) is 4. The van der Waals surface area contributed by atoms with Crippen molar-refractivity contribution in [3.05, 3.63) is 122 Å².